The Bertz CT molecular complexity index is 977. The van der Waals surface area contributed by atoms with E-state index in [0.29, 0.717) is 24.3 Å². The van der Waals surface area contributed by atoms with Gasteiger partial charge in [-0.3, -0.25) is 4.79 Å². The van der Waals surface area contributed by atoms with Gasteiger partial charge in [-0.25, -0.2) is 4.98 Å². The summed E-state index contributed by atoms with van der Waals surface area (Å²) in [5.41, 5.74) is 4.57. The van der Waals surface area contributed by atoms with Crippen LogP contribution in [0.2, 0.25) is 0 Å². The molecule has 0 bridgehead atoms. The first kappa shape index (κ1) is 21.9. The van der Waals surface area contributed by atoms with Crippen molar-refractivity contribution in [1.82, 2.24) is 9.88 Å². The van der Waals surface area contributed by atoms with Crippen molar-refractivity contribution < 1.29 is 9.18 Å². The lowest BCUT2D eigenvalue weighted by atomic mass is 9.99. The van der Waals surface area contributed by atoms with Gasteiger partial charge in [-0.1, -0.05) is 31.7 Å². The molecule has 0 aliphatic heterocycles. The molecule has 0 N–H and O–H groups in total. The van der Waals surface area contributed by atoms with Crippen molar-refractivity contribution in [3.63, 3.8) is 0 Å². The Balaban J connectivity index is 2.07. The Morgan fingerprint density at radius 1 is 1.27 bits per heavy atom. The molecule has 3 rings (SSSR count). The normalized spacial score (nSPS) is 14.9. The number of hydrogen-bond donors (Lipinski definition) is 0. The maximum Gasteiger partial charge on any atom is 0.221 e. The molecule has 1 heterocycles. The summed E-state index contributed by atoms with van der Waals surface area (Å²) in [6, 6.07) is 7.56. The molecule has 0 saturated heterocycles. The second-order valence-corrected chi connectivity index (χ2v) is 8.63. The molecule has 1 aliphatic carbocycles. The molecule has 1 aromatic carbocycles. The molecule has 5 heteroatoms. The number of carbonyl (C=O) groups excluding carboxylic acids is 1. The first-order chi connectivity index (χ1) is 14.3. The third-order valence-corrected chi connectivity index (χ3v) is 5.55. The van der Waals surface area contributed by atoms with Crippen LogP contribution in [0.5, 0.6) is 0 Å². The largest absolute Gasteiger partial charge is 0.314 e. The molecule has 1 saturated carbocycles. The van der Waals surface area contributed by atoms with Crippen LogP contribution in [-0.2, 0) is 11.3 Å². The van der Waals surface area contributed by atoms with Gasteiger partial charge in [0.05, 0.1) is 5.69 Å². The Kier molecular flexibility index (Phi) is 6.52. The van der Waals surface area contributed by atoms with E-state index in [1.54, 1.807) is 17.0 Å². The van der Waals surface area contributed by atoms with E-state index in [1.807, 2.05) is 56.3 Å². The minimum Gasteiger partial charge on any atom is -0.314 e. The van der Waals surface area contributed by atoms with Crippen molar-refractivity contribution in [3.8, 4) is 11.1 Å². The van der Waals surface area contributed by atoms with Crippen molar-refractivity contribution in [2.24, 2.45) is 5.41 Å². The smallest absolute Gasteiger partial charge is 0.221 e. The highest BCUT2D eigenvalue weighted by molar-refractivity contribution is 5.80. The van der Waals surface area contributed by atoms with Gasteiger partial charge in [-0.05, 0) is 74.7 Å². The standard InChI is InChI=1S/C25H30FN3O/c1-6-8-19-14-21(24(26)27-22(19)7-2)18-9-10-23(20(13-18)15-28(4)5)29(17-30)16-25(3)11-12-25/h6-10,13-14,17H,2,11-12,15-16H2,1,3-5H3/b8-6-. The van der Waals surface area contributed by atoms with Gasteiger partial charge in [-0.15, -0.1) is 0 Å². The van der Waals surface area contributed by atoms with E-state index < -0.39 is 5.95 Å². The maximum absolute atomic E-state index is 14.8. The van der Waals surface area contributed by atoms with Crippen LogP contribution < -0.4 is 4.90 Å². The number of halogens is 1. The average molecular weight is 408 g/mol. The highest BCUT2D eigenvalue weighted by atomic mass is 19.1. The molecule has 0 unspecified atom stereocenters. The summed E-state index contributed by atoms with van der Waals surface area (Å²) in [5.74, 6) is -0.528. The summed E-state index contributed by atoms with van der Waals surface area (Å²) < 4.78 is 14.8. The van der Waals surface area contributed by atoms with Crippen LogP contribution in [0.15, 0.2) is 36.9 Å². The summed E-state index contributed by atoms with van der Waals surface area (Å²) in [6.07, 6.45) is 8.53. The molecular formula is C25H30FN3O. The molecule has 0 atom stereocenters. The third kappa shape index (κ3) is 4.85. The van der Waals surface area contributed by atoms with Gasteiger partial charge >= 0.3 is 0 Å². The van der Waals surface area contributed by atoms with Gasteiger partial charge in [0.15, 0.2) is 0 Å². The fourth-order valence-corrected chi connectivity index (χ4v) is 3.66. The van der Waals surface area contributed by atoms with Crippen LogP contribution in [0.25, 0.3) is 23.3 Å². The Labute approximate surface area is 178 Å². The van der Waals surface area contributed by atoms with E-state index in [9.17, 15) is 9.18 Å². The van der Waals surface area contributed by atoms with Crippen molar-refractivity contribution >= 4 is 24.2 Å². The molecule has 0 radical (unpaired) electrons. The summed E-state index contributed by atoms with van der Waals surface area (Å²) >= 11 is 0. The zero-order chi connectivity index (χ0) is 21.9. The van der Waals surface area contributed by atoms with Crippen LogP contribution in [-0.4, -0.2) is 36.9 Å². The number of amides is 1. The fraction of sp³-hybridized carbons (Fsp3) is 0.360. The number of carbonyl (C=O) groups is 1. The lowest BCUT2D eigenvalue weighted by Gasteiger charge is -2.26. The van der Waals surface area contributed by atoms with E-state index >= 15 is 0 Å². The van der Waals surface area contributed by atoms with Crippen LogP contribution in [0.3, 0.4) is 0 Å². The number of aromatic nitrogens is 1. The lowest BCUT2D eigenvalue weighted by Crippen LogP contribution is -2.29. The predicted octanol–water partition coefficient (Wildman–Crippen LogP) is 5.39. The summed E-state index contributed by atoms with van der Waals surface area (Å²) in [6.45, 7) is 9.19. The van der Waals surface area contributed by atoms with Gasteiger partial charge in [0.1, 0.15) is 0 Å². The van der Waals surface area contributed by atoms with E-state index in [-0.39, 0.29) is 5.41 Å². The molecule has 1 aromatic heterocycles. The molecule has 30 heavy (non-hydrogen) atoms. The molecule has 4 nitrogen and oxygen atoms in total. The highest BCUT2D eigenvalue weighted by Crippen LogP contribution is 2.46. The number of nitrogens with zero attached hydrogens (tertiary/aromatic N) is 3. The Hall–Kier alpha value is -2.79. The van der Waals surface area contributed by atoms with Crippen LogP contribution >= 0.6 is 0 Å². The zero-order valence-corrected chi connectivity index (χ0v) is 18.3. The number of anilines is 1. The van der Waals surface area contributed by atoms with E-state index in [4.69, 9.17) is 0 Å². The van der Waals surface area contributed by atoms with E-state index in [2.05, 4.69) is 18.5 Å². The predicted molar refractivity (Wildman–Crippen MR) is 123 cm³/mol. The molecule has 2 aromatic rings. The Morgan fingerprint density at radius 3 is 2.57 bits per heavy atom. The van der Waals surface area contributed by atoms with Crippen molar-refractivity contribution in [2.75, 3.05) is 25.5 Å². The first-order valence-corrected chi connectivity index (χ1v) is 10.3. The van der Waals surface area contributed by atoms with Gasteiger partial charge in [0.25, 0.3) is 0 Å². The SMILES string of the molecule is C=Cc1nc(F)c(-c2ccc(N(C=O)CC3(C)CC3)c(CN(C)C)c2)cc1/C=C\C. The molecule has 1 fully saturated rings. The topological polar surface area (TPSA) is 36.4 Å². The minimum absolute atomic E-state index is 0.201. The Morgan fingerprint density at radius 2 is 2.00 bits per heavy atom. The van der Waals surface area contributed by atoms with Crippen LogP contribution in [0.4, 0.5) is 10.1 Å². The first-order valence-electron chi connectivity index (χ1n) is 10.3. The van der Waals surface area contributed by atoms with Crippen LogP contribution in [0, 0.1) is 11.4 Å². The zero-order valence-electron chi connectivity index (χ0n) is 18.3. The average Bonchev–Trinajstić information content (AvgIpc) is 3.44. The number of rotatable bonds is 9. The second-order valence-electron chi connectivity index (χ2n) is 8.63. The molecule has 1 aliphatic rings. The molecular weight excluding hydrogens is 377 g/mol. The summed E-state index contributed by atoms with van der Waals surface area (Å²) in [5, 5.41) is 0. The van der Waals surface area contributed by atoms with Gasteiger partial charge in [0.2, 0.25) is 12.4 Å². The van der Waals surface area contributed by atoms with Crippen molar-refractivity contribution in [1.29, 1.82) is 0 Å². The lowest BCUT2D eigenvalue weighted by molar-refractivity contribution is -0.107. The summed E-state index contributed by atoms with van der Waals surface area (Å²) in [4.78, 5) is 19.8. The quantitative estimate of drug-likeness (QED) is 0.413. The number of hydrogen-bond acceptors (Lipinski definition) is 3. The van der Waals surface area contributed by atoms with Gasteiger partial charge in [0, 0.05) is 29.9 Å². The summed E-state index contributed by atoms with van der Waals surface area (Å²) in [7, 11) is 3.96. The fourth-order valence-electron chi connectivity index (χ4n) is 3.66. The molecule has 0 spiro atoms. The van der Waals surface area contributed by atoms with Crippen LogP contribution in [0.1, 0.15) is 43.5 Å². The number of pyridine rings is 1. The van der Waals surface area contributed by atoms with E-state index in [0.717, 1.165) is 41.6 Å². The van der Waals surface area contributed by atoms with Crippen molar-refractivity contribution in [2.45, 2.75) is 33.2 Å². The van der Waals surface area contributed by atoms with Gasteiger partial charge < -0.3 is 9.80 Å². The molecule has 1 amide bonds. The van der Waals surface area contributed by atoms with Gasteiger partial charge in [-0.2, -0.15) is 4.39 Å². The second kappa shape index (κ2) is 8.92. The van der Waals surface area contributed by atoms with Crippen molar-refractivity contribution in [3.05, 3.63) is 59.7 Å². The monoisotopic (exact) mass is 407 g/mol. The maximum atomic E-state index is 14.8. The molecule has 158 valence electrons. The highest BCUT2D eigenvalue weighted by Gasteiger charge is 2.39. The van der Waals surface area contributed by atoms with E-state index in [1.165, 1.54) is 0 Å². The minimum atomic E-state index is -0.528. The number of benzene rings is 1. The third-order valence-electron chi connectivity index (χ3n) is 5.55. The number of allylic oxidation sites excluding steroid dienone is 1.